The maximum Gasteiger partial charge on any atom is 0.271 e. The zero-order valence-corrected chi connectivity index (χ0v) is 18.8. The Hall–Kier alpha value is -3.65. The van der Waals surface area contributed by atoms with Crippen LogP contribution in [0.3, 0.4) is 0 Å². The Labute approximate surface area is 190 Å². The second kappa shape index (κ2) is 9.65. The van der Waals surface area contributed by atoms with Crippen LogP contribution in [0.15, 0.2) is 42.5 Å². The number of carbonyl (C=O) groups is 1. The van der Waals surface area contributed by atoms with Crippen molar-refractivity contribution in [3.8, 4) is 11.5 Å². The first-order valence-corrected chi connectivity index (χ1v) is 10.0. The fourth-order valence-corrected chi connectivity index (χ4v) is 3.51. The van der Waals surface area contributed by atoms with Gasteiger partial charge in [0.25, 0.3) is 5.69 Å². The lowest BCUT2D eigenvalue weighted by molar-refractivity contribution is -0.384. The lowest BCUT2D eigenvalue weighted by Crippen LogP contribution is -2.01. The van der Waals surface area contributed by atoms with Crippen LogP contribution in [-0.2, 0) is 13.7 Å². The third-order valence-corrected chi connectivity index (χ3v) is 5.29. The number of allylic oxidation sites excluding steroid dienone is 1. The van der Waals surface area contributed by atoms with E-state index >= 15 is 0 Å². The summed E-state index contributed by atoms with van der Waals surface area (Å²) in [5.41, 5.74) is 3.48. The third-order valence-electron chi connectivity index (χ3n) is 5.00. The van der Waals surface area contributed by atoms with E-state index in [4.69, 9.17) is 21.1 Å². The SMILES string of the molecule is COc1ccc(/C=C/C(=O)c2c(C)nn(C)c2C)cc1COc1ccc([N+](=O)[O-])cc1Cl. The second-order valence-corrected chi connectivity index (χ2v) is 7.51. The van der Waals surface area contributed by atoms with Crippen molar-refractivity contribution in [2.45, 2.75) is 20.5 Å². The largest absolute Gasteiger partial charge is 0.496 e. The molecule has 1 aromatic heterocycles. The molecule has 0 N–H and O–H groups in total. The van der Waals surface area contributed by atoms with E-state index in [-0.39, 0.29) is 23.1 Å². The number of hydrogen-bond acceptors (Lipinski definition) is 6. The minimum Gasteiger partial charge on any atom is -0.496 e. The molecule has 166 valence electrons. The highest BCUT2D eigenvalue weighted by atomic mass is 35.5. The number of rotatable bonds is 8. The number of ether oxygens (including phenoxy) is 2. The smallest absolute Gasteiger partial charge is 0.271 e. The second-order valence-electron chi connectivity index (χ2n) is 7.10. The van der Waals surface area contributed by atoms with Crippen LogP contribution < -0.4 is 9.47 Å². The first-order valence-electron chi connectivity index (χ1n) is 9.67. The van der Waals surface area contributed by atoms with E-state index in [1.165, 1.54) is 24.3 Å². The number of nitrogens with zero attached hydrogens (tertiary/aromatic N) is 3. The molecule has 32 heavy (non-hydrogen) atoms. The number of hydrogen-bond donors (Lipinski definition) is 0. The number of non-ortho nitro benzene ring substituents is 1. The van der Waals surface area contributed by atoms with Gasteiger partial charge in [0.05, 0.1) is 28.3 Å². The van der Waals surface area contributed by atoms with Crippen molar-refractivity contribution in [1.82, 2.24) is 9.78 Å². The standard InChI is InChI=1S/C23H22ClN3O5/c1-14-23(15(2)26(3)25-14)20(28)8-5-16-6-9-21(31-4)17(11-16)13-32-22-10-7-18(27(29)30)12-19(22)24/h5-12H,13H2,1-4H3/b8-5+. The minimum absolute atomic E-state index is 0.115. The zero-order chi connectivity index (χ0) is 23.4. The molecular weight excluding hydrogens is 434 g/mol. The summed E-state index contributed by atoms with van der Waals surface area (Å²) in [5.74, 6) is 0.794. The van der Waals surface area contributed by atoms with Crippen LogP contribution in [0.1, 0.15) is 32.9 Å². The average molecular weight is 456 g/mol. The fourth-order valence-electron chi connectivity index (χ4n) is 3.28. The van der Waals surface area contributed by atoms with Gasteiger partial charge in [-0.2, -0.15) is 5.10 Å². The summed E-state index contributed by atoms with van der Waals surface area (Å²) in [7, 11) is 3.35. The number of halogens is 1. The summed E-state index contributed by atoms with van der Waals surface area (Å²) in [6.07, 6.45) is 3.23. The predicted octanol–water partition coefficient (Wildman–Crippen LogP) is 5.08. The van der Waals surface area contributed by atoms with Crippen LogP contribution >= 0.6 is 11.6 Å². The molecule has 0 atom stereocenters. The van der Waals surface area contributed by atoms with Crippen LogP contribution in [0, 0.1) is 24.0 Å². The number of methoxy groups -OCH3 is 1. The molecule has 3 aromatic rings. The molecule has 0 unspecified atom stereocenters. The molecule has 3 rings (SSSR count). The van der Waals surface area contributed by atoms with E-state index in [0.717, 1.165) is 16.8 Å². The number of nitro groups is 1. The van der Waals surface area contributed by atoms with Gasteiger partial charge in [-0.3, -0.25) is 19.6 Å². The van der Waals surface area contributed by atoms with Crippen molar-refractivity contribution in [3.05, 3.63) is 85.7 Å². The first kappa shape index (κ1) is 23.0. The molecular formula is C23H22ClN3O5. The topological polar surface area (TPSA) is 96.5 Å². The van der Waals surface area contributed by atoms with E-state index in [1.54, 1.807) is 37.9 Å². The average Bonchev–Trinajstić information content (AvgIpc) is 3.02. The lowest BCUT2D eigenvalue weighted by Gasteiger charge is -2.12. The number of aromatic nitrogens is 2. The summed E-state index contributed by atoms with van der Waals surface area (Å²) < 4.78 is 12.8. The van der Waals surface area contributed by atoms with E-state index in [9.17, 15) is 14.9 Å². The van der Waals surface area contributed by atoms with Gasteiger partial charge < -0.3 is 9.47 Å². The van der Waals surface area contributed by atoms with Crippen molar-refractivity contribution >= 4 is 29.1 Å². The number of benzene rings is 2. The Morgan fingerprint density at radius 1 is 1.22 bits per heavy atom. The number of nitro benzene ring substituents is 1. The number of carbonyl (C=O) groups excluding carboxylic acids is 1. The summed E-state index contributed by atoms with van der Waals surface area (Å²) in [6.45, 7) is 3.78. The van der Waals surface area contributed by atoms with Gasteiger partial charge in [-0.15, -0.1) is 0 Å². The Bertz CT molecular complexity index is 1220. The normalized spacial score (nSPS) is 11.0. The Kier molecular flexibility index (Phi) is 6.95. The van der Waals surface area contributed by atoms with E-state index in [0.29, 0.717) is 22.8 Å². The van der Waals surface area contributed by atoms with Crippen LogP contribution in [-0.4, -0.2) is 27.6 Å². The summed E-state index contributed by atoms with van der Waals surface area (Å²) in [5, 5.41) is 15.3. The highest BCUT2D eigenvalue weighted by molar-refractivity contribution is 6.32. The maximum absolute atomic E-state index is 12.7. The molecule has 0 bridgehead atoms. The molecule has 9 heteroatoms. The highest BCUT2D eigenvalue weighted by Crippen LogP contribution is 2.30. The molecule has 0 saturated carbocycles. The van der Waals surface area contributed by atoms with Crippen molar-refractivity contribution < 1.29 is 19.2 Å². The number of aryl methyl sites for hydroxylation is 2. The van der Waals surface area contributed by atoms with Crippen LogP contribution in [0.4, 0.5) is 5.69 Å². The van der Waals surface area contributed by atoms with E-state index in [1.807, 2.05) is 19.1 Å². The monoisotopic (exact) mass is 455 g/mol. The van der Waals surface area contributed by atoms with E-state index in [2.05, 4.69) is 5.10 Å². The summed E-state index contributed by atoms with van der Waals surface area (Å²) in [4.78, 5) is 23.0. The van der Waals surface area contributed by atoms with Gasteiger partial charge in [-0.1, -0.05) is 23.7 Å². The molecule has 8 nitrogen and oxygen atoms in total. The molecule has 0 spiro atoms. The molecule has 0 fully saturated rings. The van der Waals surface area contributed by atoms with Gasteiger partial charge in [0.15, 0.2) is 5.78 Å². The molecule has 0 aliphatic carbocycles. The van der Waals surface area contributed by atoms with Crippen molar-refractivity contribution in [1.29, 1.82) is 0 Å². The molecule has 0 aliphatic heterocycles. The fraction of sp³-hybridized carbons (Fsp3) is 0.217. The molecule has 0 aliphatic rings. The zero-order valence-electron chi connectivity index (χ0n) is 18.1. The highest BCUT2D eigenvalue weighted by Gasteiger charge is 2.15. The molecule has 0 radical (unpaired) electrons. The Morgan fingerprint density at radius 2 is 1.94 bits per heavy atom. The van der Waals surface area contributed by atoms with Gasteiger partial charge in [0.2, 0.25) is 0 Å². The third kappa shape index (κ3) is 4.97. The van der Waals surface area contributed by atoms with Crippen LogP contribution in [0.2, 0.25) is 5.02 Å². The maximum atomic E-state index is 12.7. The van der Waals surface area contributed by atoms with Gasteiger partial charge in [0.1, 0.15) is 18.1 Å². The molecule has 0 saturated heterocycles. The van der Waals surface area contributed by atoms with Crippen LogP contribution in [0.25, 0.3) is 6.08 Å². The Morgan fingerprint density at radius 3 is 2.53 bits per heavy atom. The van der Waals surface area contributed by atoms with Crippen molar-refractivity contribution in [2.24, 2.45) is 7.05 Å². The molecule has 0 amide bonds. The first-order chi connectivity index (χ1) is 15.2. The Balaban J connectivity index is 1.79. The lowest BCUT2D eigenvalue weighted by atomic mass is 10.1. The minimum atomic E-state index is -0.524. The molecule has 1 heterocycles. The van der Waals surface area contributed by atoms with Crippen molar-refractivity contribution in [3.63, 3.8) is 0 Å². The summed E-state index contributed by atoms with van der Waals surface area (Å²) >= 11 is 6.10. The van der Waals surface area contributed by atoms with Gasteiger partial charge in [-0.05, 0) is 43.7 Å². The number of ketones is 1. The van der Waals surface area contributed by atoms with Gasteiger partial charge >= 0.3 is 0 Å². The van der Waals surface area contributed by atoms with Gasteiger partial charge in [0, 0.05) is 30.4 Å². The predicted molar refractivity (Wildman–Crippen MR) is 121 cm³/mol. The molecule has 2 aromatic carbocycles. The van der Waals surface area contributed by atoms with Gasteiger partial charge in [-0.25, -0.2) is 0 Å². The summed E-state index contributed by atoms with van der Waals surface area (Å²) in [6, 6.07) is 9.46. The van der Waals surface area contributed by atoms with E-state index < -0.39 is 4.92 Å². The van der Waals surface area contributed by atoms with Crippen LogP contribution in [0.5, 0.6) is 11.5 Å². The van der Waals surface area contributed by atoms with Crippen molar-refractivity contribution in [2.75, 3.05) is 7.11 Å². The quantitative estimate of drug-likeness (QED) is 0.203.